The van der Waals surface area contributed by atoms with Crippen LogP contribution in [-0.4, -0.2) is 75.3 Å². The molecule has 4 aromatic heterocycles. The zero-order chi connectivity index (χ0) is 45.6. The van der Waals surface area contributed by atoms with E-state index in [1.54, 1.807) is 41.4 Å². The molecule has 4 N–H and O–H groups in total. The van der Waals surface area contributed by atoms with E-state index in [4.69, 9.17) is 33.9 Å². The Morgan fingerprint density at radius 3 is 1.52 bits per heavy atom. The molecule has 0 spiro atoms. The number of carbonyl (C=O) groups excluding carboxylic acids is 1. The Morgan fingerprint density at radius 2 is 1.16 bits per heavy atom. The third-order valence-electron chi connectivity index (χ3n) is 10.1. The normalized spacial score (nSPS) is 11.4. The molecule has 7 aromatic rings. The van der Waals surface area contributed by atoms with Crippen molar-refractivity contribution in [2.45, 2.75) is 86.9 Å². The first kappa shape index (κ1) is 56.8. The molecule has 1 saturated heterocycles. The number of aryl methyl sites for hydroxylation is 3. The number of hydrogen-bond donors (Lipinski definition) is 3. The molecule has 0 bridgehead atoms. The molecule has 3 aromatic carbocycles. The van der Waals surface area contributed by atoms with Gasteiger partial charge in [-0.2, -0.15) is 6.42 Å². The van der Waals surface area contributed by atoms with Crippen LogP contribution in [0.2, 0.25) is 0 Å². The number of benzene rings is 3. The predicted octanol–water partition coefficient (Wildman–Crippen LogP) is 8.24. The summed E-state index contributed by atoms with van der Waals surface area (Å²) in [6.45, 7) is 20.0. The molecule has 5 heterocycles. The number of aromatic nitrogens is 4. The summed E-state index contributed by atoms with van der Waals surface area (Å²) in [5.41, 5.74) is 7.58. The van der Waals surface area contributed by atoms with Crippen molar-refractivity contribution in [3.05, 3.63) is 104 Å². The predicted molar refractivity (Wildman–Crippen MR) is 256 cm³/mol. The van der Waals surface area contributed by atoms with Crippen molar-refractivity contribution in [2.75, 3.05) is 34.5 Å². The number of carbonyl (C=O) groups is 1. The van der Waals surface area contributed by atoms with Crippen LogP contribution in [0, 0.1) is 6.92 Å². The fraction of sp³-hybridized carbons (Fsp3) is 0.375. The summed E-state index contributed by atoms with van der Waals surface area (Å²) in [4.78, 5) is 11.5. The van der Waals surface area contributed by atoms with Crippen LogP contribution in [0.4, 0.5) is 0 Å². The fourth-order valence-electron chi connectivity index (χ4n) is 6.67. The van der Waals surface area contributed by atoms with Gasteiger partial charge in [-0.3, -0.25) is 4.79 Å². The van der Waals surface area contributed by atoms with Gasteiger partial charge in [0.1, 0.15) is 29.2 Å². The first-order valence-electron chi connectivity index (χ1n) is 20.9. The maximum absolute atomic E-state index is 11.5. The average Bonchev–Trinajstić information content (AvgIpc) is 4.19. The second kappa shape index (κ2) is 30.0. The molecule has 0 radical (unpaired) electrons. The molecule has 344 valence electrons. The van der Waals surface area contributed by atoms with Gasteiger partial charge in [-0.05, 0) is 83.9 Å². The van der Waals surface area contributed by atoms with Gasteiger partial charge in [0.15, 0.2) is 5.78 Å². The first-order valence-corrected chi connectivity index (χ1v) is 20.9. The molecule has 1 aliphatic rings. The van der Waals surface area contributed by atoms with E-state index in [0.717, 1.165) is 112 Å². The first-order chi connectivity index (χ1) is 30.1. The smallest absolute Gasteiger partial charge is 0.497 e. The minimum absolute atomic E-state index is 0. The summed E-state index contributed by atoms with van der Waals surface area (Å²) in [7, 11) is 4.98. The fourth-order valence-corrected chi connectivity index (χ4v) is 6.67. The Kier molecular flexibility index (Phi) is 26.7. The van der Waals surface area contributed by atoms with E-state index >= 15 is 0 Å². The molecule has 14 nitrogen and oxygen atoms in total. The standard InChI is InChI=1S/C14H14N2O2.C13H16N2O2.C13H15NO2.C4H8O.C4H9.ClH.Li.H3NO/c1-3-16-9-12(13-6-7-18-15-13)11-5-4-10(17-2)8-14(11)16;1-4-15-8-12(9(2)14-16)11-6-5-10(17-3)7-13(11)15;1-4-14-8-12(9(2)15)11-6-5-10(16-3)7-13(11)14;1-2-4-5-3-1;1-3-4-2;;;1-2/h4-9H,3H2,1-2H3;5-8,16H,4H2,1-3H3;5-8H,4H2,1-3H3;1-4H2;1,3-4H2,2H3;1H;;2H,1H2/q;;;;-1;;+1;/b;14-9+;;;;;;. The Morgan fingerprint density at radius 1 is 0.734 bits per heavy atom. The summed E-state index contributed by atoms with van der Waals surface area (Å²) in [6.07, 6.45) is 12.4. The number of methoxy groups -OCH3 is 3. The van der Waals surface area contributed by atoms with E-state index in [0.29, 0.717) is 5.71 Å². The van der Waals surface area contributed by atoms with Gasteiger partial charge in [-0.15, -0.1) is 12.4 Å². The number of ether oxygens (including phenoxy) is 4. The Bertz CT molecular complexity index is 2430. The van der Waals surface area contributed by atoms with Gasteiger partial charge >= 0.3 is 18.9 Å². The zero-order valence-electron chi connectivity index (χ0n) is 39.2. The number of nitrogens with zero attached hydrogens (tertiary/aromatic N) is 5. The molecule has 1 aliphatic heterocycles. The number of unbranched alkanes of at least 4 members (excludes halogenated alkanes) is 1. The zero-order valence-corrected chi connectivity index (χ0v) is 40.0. The number of halogens is 1. The topological polar surface area (TPSA) is 174 Å². The van der Waals surface area contributed by atoms with Crippen LogP contribution >= 0.6 is 12.4 Å². The van der Waals surface area contributed by atoms with Crippen molar-refractivity contribution in [1.82, 2.24) is 18.9 Å². The number of oxime groups is 1. The molecule has 8 rings (SSSR count). The molecular formula is C48H66ClLiN6O8. The monoisotopic (exact) mass is 896 g/mol. The Hall–Kier alpha value is -5.20. The van der Waals surface area contributed by atoms with Crippen molar-refractivity contribution in [2.24, 2.45) is 11.1 Å². The van der Waals surface area contributed by atoms with E-state index in [2.05, 4.69) is 76.8 Å². The van der Waals surface area contributed by atoms with Gasteiger partial charge in [-0.1, -0.05) is 23.7 Å². The van der Waals surface area contributed by atoms with Gasteiger partial charge in [0.2, 0.25) is 0 Å². The van der Waals surface area contributed by atoms with Crippen LogP contribution in [0.1, 0.15) is 83.1 Å². The van der Waals surface area contributed by atoms with Crippen molar-refractivity contribution in [1.29, 1.82) is 0 Å². The van der Waals surface area contributed by atoms with E-state index in [9.17, 15) is 4.79 Å². The molecule has 1 fully saturated rings. The molecule has 0 amide bonds. The van der Waals surface area contributed by atoms with Crippen molar-refractivity contribution in [3.8, 4) is 28.5 Å². The third kappa shape index (κ3) is 14.9. The number of hydrogen-bond acceptors (Lipinski definition) is 11. The van der Waals surface area contributed by atoms with E-state index in [-0.39, 0.29) is 37.1 Å². The largest absolute Gasteiger partial charge is 1.00 e. The molecule has 64 heavy (non-hydrogen) atoms. The molecule has 0 atom stereocenters. The molecule has 0 aliphatic carbocycles. The van der Waals surface area contributed by atoms with Crippen LogP contribution in [0.3, 0.4) is 0 Å². The Balaban J connectivity index is 0.000000423. The minimum atomic E-state index is 0. The van der Waals surface area contributed by atoms with Crippen LogP contribution < -0.4 is 39.0 Å². The van der Waals surface area contributed by atoms with E-state index in [1.165, 1.54) is 19.3 Å². The number of ketones is 1. The summed E-state index contributed by atoms with van der Waals surface area (Å²) in [6, 6.07) is 19.6. The van der Waals surface area contributed by atoms with Gasteiger partial charge < -0.3 is 54.5 Å². The van der Waals surface area contributed by atoms with Crippen molar-refractivity contribution >= 4 is 56.6 Å². The number of nitrogens with two attached hydrogens (primary N) is 1. The molecule has 0 saturated carbocycles. The summed E-state index contributed by atoms with van der Waals surface area (Å²) in [5, 5.41) is 25.9. The summed E-state index contributed by atoms with van der Waals surface area (Å²) in [5.74, 6) is 6.11. The maximum Gasteiger partial charge on any atom is 1.00 e. The minimum Gasteiger partial charge on any atom is -0.497 e. The SMILES string of the molecule is C1CCOC1.CCn1cc(-c2ccon2)c2ccc(OC)cc21.CCn1cc(/C(C)=N/O)c2ccc(OC)cc21.CCn1cc(C(C)=O)c2ccc(OC)cc21.Cl.NO.[CH2-]CCC.[Li+]. The van der Waals surface area contributed by atoms with Crippen molar-refractivity contribution in [3.63, 3.8) is 0 Å². The quantitative estimate of drug-likeness (QED) is 0.0303. The summed E-state index contributed by atoms with van der Waals surface area (Å²) < 4.78 is 31.9. The maximum atomic E-state index is 11.5. The van der Waals surface area contributed by atoms with Crippen LogP contribution in [0.15, 0.2) is 95.2 Å². The molecule has 0 unspecified atom stereocenters. The number of Topliss-reactive ketones (excluding diaryl/α,β-unsaturated/α-hetero) is 1. The third-order valence-corrected chi connectivity index (χ3v) is 10.1. The van der Waals surface area contributed by atoms with E-state index < -0.39 is 0 Å². The van der Waals surface area contributed by atoms with Crippen molar-refractivity contribution < 1.29 is 57.5 Å². The van der Waals surface area contributed by atoms with Gasteiger partial charge in [0, 0.05) is 109 Å². The second-order valence-corrected chi connectivity index (χ2v) is 13.9. The number of fused-ring (bicyclic) bond motifs is 3. The summed E-state index contributed by atoms with van der Waals surface area (Å²) >= 11 is 0. The van der Waals surface area contributed by atoms with E-state index in [1.807, 2.05) is 67.0 Å². The molecular weight excluding hydrogens is 831 g/mol. The Labute approximate surface area is 395 Å². The van der Waals surface area contributed by atoms with Gasteiger partial charge in [0.05, 0.1) is 43.6 Å². The molecule has 16 heteroatoms. The van der Waals surface area contributed by atoms with Crippen LogP contribution in [-0.2, 0) is 24.4 Å². The van der Waals surface area contributed by atoms with Gasteiger partial charge in [0.25, 0.3) is 0 Å². The van der Waals surface area contributed by atoms with Crippen LogP contribution in [0.5, 0.6) is 17.2 Å². The van der Waals surface area contributed by atoms with Gasteiger partial charge in [-0.25, -0.2) is 5.90 Å². The average molecular weight is 897 g/mol. The van der Waals surface area contributed by atoms with Crippen LogP contribution in [0.25, 0.3) is 44.0 Å². The second-order valence-electron chi connectivity index (χ2n) is 13.9. The number of rotatable bonds is 10.